The van der Waals surface area contributed by atoms with Crippen LogP contribution < -0.4 is 27.4 Å². The Bertz CT molecular complexity index is 368. The smallest absolute Gasteiger partial charge is 0.254 e. The van der Waals surface area contributed by atoms with Crippen molar-refractivity contribution in [3.05, 3.63) is 23.4 Å². The second-order valence-corrected chi connectivity index (χ2v) is 3.88. The first-order valence-corrected chi connectivity index (χ1v) is 5.12. The van der Waals surface area contributed by atoms with Gasteiger partial charge in [-0.15, -0.1) is 0 Å². The van der Waals surface area contributed by atoms with Crippen LogP contribution in [0.1, 0.15) is 0 Å². The van der Waals surface area contributed by atoms with Crippen molar-refractivity contribution >= 4 is 17.5 Å². The van der Waals surface area contributed by atoms with Crippen LogP contribution >= 0.6 is 11.6 Å². The van der Waals surface area contributed by atoms with Gasteiger partial charge in [0.25, 0.3) is 5.91 Å². The number of carbonyl (C=O) groups excluding carboxylic acids is 1. The highest BCUT2D eigenvalue weighted by molar-refractivity contribution is 6.29. The molecule has 7 nitrogen and oxygen atoms in total. The summed E-state index contributed by atoms with van der Waals surface area (Å²) in [6, 6.07) is -0.635. The standard InChI is InChI=1S/C8H13ClN6O/c9-5-7(11)14-6(10)4(13-5)8(16)15-2-1-12-3-15/h1-2,4,6,12-14H,3,10-11H2. The van der Waals surface area contributed by atoms with E-state index in [-0.39, 0.29) is 16.9 Å². The summed E-state index contributed by atoms with van der Waals surface area (Å²) in [5, 5.41) is 8.60. The van der Waals surface area contributed by atoms with Crippen molar-refractivity contribution in [1.29, 1.82) is 0 Å². The van der Waals surface area contributed by atoms with Gasteiger partial charge in [0.15, 0.2) is 0 Å². The van der Waals surface area contributed by atoms with Gasteiger partial charge in [-0.05, 0) is 0 Å². The van der Waals surface area contributed by atoms with E-state index in [1.807, 2.05) is 0 Å². The molecule has 0 fully saturated rings. The quantitative estimate of drug-likeness (QED) is 0.342. The molecule has 8 heteroatoms. The molecule has 0 aliphatic carbocycles. The summed E-state index contributed by atoms with van der Waals surface area (Å²) in [6.45, 7) is 0.431. The predicted octanol–water partition coefficient (Wildman–Crippen LogP) is -1.98. The number of rotatable bonds is 1. The zero-order valence-electron chi connectivity index (χ0n) is 8.40. The third-order valence-corrected chi connectivity index (χ3v) is 2.70. The van der Waals surface area contributed by atoms with Gasteiger partial charge in [0.1, 0.15) is 23.2 Å². The fraction of sp³-hybridized carbons (Fsp3) is 0.375. The molecule has 2 heterocycles. The Labute approximate surface area is 97.5 Å². The maximum Gasteiger partial charge on any atom is 0.254 e. The first kappa shape index (κ1) is 10.9. The van der Waals surface area contributed by atoms with E-state index in [9.17, 15) is 4.79 Å². The molecule has 1 amide bonds. The highest BCUT2D eigenvalue weighted by atomic mass is 35.5. The Morgan fingerprint density at radius 3 is 2.94 bits per heavy atom. The molecular weight excluding hydrogens is 232 g/mol. The third kappa shape index (κ3) is 1.86. The number of hydrogen-bond donors (Lipinski definition) is 5. The highest BCUT2D eigenvalue weighted by Gasteiger charge is 2.33. The van der Waals surface area contributed by atoms with Crippen molar-refractivity contribution in [2.45, 2.75) is 12.2 Å². The molecule has 2 unspecified atom stereocenters. The Balaban J connectivity index is 2.10. The molecule has 88 valence electrons. The molecule has 0 radical (unpaired) electrons. The molecule has 0 spiro atoms. The van der Waals surface area contributed by atoms with Gasteiger partial charge in [-0.3, -0.25) is 9.69 Å². The summed E-state index contributed by atoms with van der Waals surface area (Å²) in [5.41, 5.74) is 11.3. The highest BCUT2D eigenvalue weighted by Crippen LogP contribution is 2.11. The summed E-state index contributed by atoms with van der Waals surface area (Å²) < 4.78 is 0. The van der Waals surface area contributed by atoms with Crippen LogP contribution in [-0.4, -0.2) is 29.7 Å². The van der Waals surface area contributed by atoms with E-state index in [2.05, 4.69) is 16.0 Å². The van der Waals surface area contributed by atoms with Gasteiger partial charge in [-0.2, -0.15) is 0 Å². The fourth-order valence-electron chi connectivity index (χ4n) is 1.52. The van der Waals surface area contributed by atoms with E-state index in [0.717, 1.165) is 0 Å². The average molecular weight is 245 g/mol. The van der Waals surface area contributed by atoms with Crippen molar-refractivity contribution < 1.29 is 4.79 Å². The van der Waals surface area contributed by atoms with Gasteiger partial charge < -0.3 is 27.4 Å². The minimum atomic E-state index is -0.635. The zero-order chi connectivity index (χ0) is 11.7. The van der Waals surface area contributed by atoms with E-state index in [0.29, 0.717) is 6.67 Å². The van der Waals surface area contributed by atoms with Crippen LogP contribution in [0.15, 0.2) is 23.4 Å². The molecule has 7 N–H and O–H groups in total. The van der Waals surface area contributed by atoms with E-state index in [1.54, 1.807) is 12.4 Å². The Morgan fingerprint density at radius 1 is 1.56 bits per heavy atom. The van der Waals surface area contributed by atoms with Crippen molar-refractivity contribution in [3.63, 3.8) is 0 Å². The zero-order valence-corrected chi connectivity index (χ0v) is 9.16. The number of nitrogens with zero attached hydrogens (tertiary/aromatic N) is 1. The first-order chi connectivity index (χ1) is 7.59. The van der Waals surface area contributed by atoms with Crippen LogP contribution in [0.5, 0.6) is 0 Å². The Morgan fingerprint density at radius 2 is 2.31 bits per heavy atom. The van der Waals surface area contributed by atoms with E-state index in [1.165, 1.54) is 4.90 Å². The number of nitrogens with two attached hydrogens (primary N) is 2. The van der Waals surface area contributed by atoms with Crippen molar-refractivity contribution in [1.82, 2.24) is 20.9 Å². The van der Waals surface area contributed by atoms with Crippen LogP contribution in [0.4, 0.5) is 0 Å². The summed E-state index contributed by atoms with van der Waals surface area (Å²) in [4.78, 5) is 13.5. The molecule has 0 bridgehead atoms. The number of halogens is 1. The topological polar surface area (TPSA) is 108 Å². The van der Waals surface area contributed by atoms with Gasteiger partial charge in [0.05, 0.1) is 6.67 Å². The van der Waals surface area contributed by atoms with Gasteiger partial charge in [0, 0.05) is 12.4 Å². The first-order valence-electron chi connectivity index (χ1n) is 4.74. The van der Waals surface area contributed by atoms with Crippen LogP contribution in [0, 0.1) is 0 Å². The van der Waals surface area contributed by atoms with Crippen molar-refractivity contribution in [2.24, 2.45) is 11.5 Å². The largest absolute Gasteiger partial charge is 0.383 e. The van der Waals surface area contributed by atoms with E-state index < -0.39 is 12.2 Å². The monoisotopic (exact) mass is 244 g/mol. The minimum Gasteiger partial charge on any atom is -0.383 e. The van der Waals surface area contributed by atoms with Crippen molar-refractivity contribution in [3.8, 4) is 0 Å². The molecule has 0 aromatic heterocycles. The normalized spacial score (nSPS) is 28.5. The molecule has 2 atom stereocenters. The van der Waals surface area contributed by atoms with E-state index in [4.69, 9.17) is 23.1 Å². The second kappa shape index (κ2) is 4.11. The summed E-state index contributed by atoms with van der Waals surface area (Å²) in [7, 11) is 0. The molecular formula is C8H13ClN6O. The molecule has 0 saturated heterocycles. The van der Waals surface area contributed by atoms with Gasteiger partial charge >= 0.3 is 0 Å². The van der Waals surface area contributed by atoms with Crippen LogP contribution in [0.25, 0.3) is 0 Å². The minimum absolute atomic E-state index is 0.174. The lowest BCUT2D eigenvalue weighted by Crippen LogP contribution is -2.63. The lowest BCUT2D eigenvalue weighted by Gasteiger charge is -2.32. The predicted molar refractivity (Wildman–Crippen MR) is 59.1 cm³/mol. The molecule has 2 rings (SSSR count). The van der Waals surface area contributed by atoms with Gasteiger partial charge in [-0.1, -0.05) is 11.6 Å². The van der Waals surface area contributed by atoms with Crippen LogP contribution in [-0.2, 0) is 4.79 Å². The Kier molecular flexibility index (Phi) is 2.80. The average Bonchev–Trinajstić information content (AvgIpc) is 2.75. The van der Waals surface area contributed by atoms with Crippen LogP contribution in [0.3, 0.4) is 0 Å². The molecule has 2 aliphatic rings. The number of hydrogen-bond acceptors (Lipinski definition) is 6. The molecule has 0 aromatic carbocycles. The summed E-state index contributed by atoms with van der Waals surface area (Å²) in [5.74, 6) is 0.0696. The van der Waals surface area contributed by atoms with Gasteiger partial charge in [0.2, 0.25) is 0 Å². The molecule has 0 aromatic rings. The summed E-state index contributed by atoms with van der Waals surface area (Å²) >= 11 is 5.80. The lowest BCUT2D eigenvalue weighted by molar-refractivity contribution is -0.131. The maximum atomic E-state index is 12.0. The second-order valence-electron chi connectivity index (χ2n) is 3.51. The third-order valence-electron chi connectivity index (χ3n) is 2.38. The molecule has 0 saturated carbocycles. The fourth-order valence-corrected chi connectivity index (χ4v) is 1.69. The maximum absolute atomic E-state index is 12.0. The molecule has 16 heavy (non-hydrogen) atoms. The van der Waals surface area contributed by atoms with Crippen molar-refractivity contribution in [2.75, 3.05) is 6.67 Å². The number of carbonyl (C=O) groups is 1. The van der Waals surface area contributed by atoms with Gasteiger partial charge in [-0.25, -0.2) is 0 Å². The van der Waals surface area contributed by atoms with Crippen LogP contribution in [0.2, 0.25) is 0 Å². The Hall–Kier alpha value is -1.60. The summed E-state index contributed by atoms with van der Waals surface area (Å²) in [6.07, 6.45) is 2.72. The SMILES string of the molecule is NC1=C(Cl)NC(C(=O)N2C=CNC2)C(N)N1. The number of amides is 1. The lowest BCUT2D eigenvalue weighted by atomic mass is 10.2. The number of nitrogens with one attached hydrogen (secondary N) is 3. The van der Waals surface area contributed by atoms with E-state index >= 15 is 0 Å². The molecule has 2 aliphatic heterocycles.